The molecule has 0 amide bonds. The molecule has 0 aromatic carbocycles. The van der Waals surface area contributed by atoms with Gasteiger partial charge in [-0.15, -0.1) is 4.91 Å². The lowest BCUT2D eigenvalue weighted by atomic mass is 9.88. The van der Waals surface area contributed by atoms with Crippen LogP contribution in [-0.2, 0) is 106 Å². The lowest BCUT2D eigenvalue weighted by Crippen LogP contribution is -2.68. The highest BCUT2D eigenvalue weighted by atomic mass is 32.3. The van der Waals surface area contributed by atoms with Crippen LogP contribution < -0.4 is 17.2 Å². The number of aliphatic hydroxyl groups excluding tert-OH is 6. The van der Waals surface area contributed by atoms with Gasteiger partial charge in [-0.1, -0.05) is 6.92 Å². The van der Waals surface area contributed by atoms with Gasteiger partial charge >= 0.3 is 47.6 Å². The fourth-order valence-electron chi connectivity index (χ4n) is 8.06. The van der Waals surface area contributed by atoms with Crippen molar-refractivity contribution in [3.63, 3.8) is 0 Å². The number of aliphatic carboxylic acids is 1. The average Bonchev–Trinajstić information content (AvgIpc) is 3.27. The first kappa shape index (κ1) is 61.7. The molecule has 5 saturated heterocycles. The molecule has 0 radical (unpaired) electrons. The molecule has 5 aliphatic heterocycles. The van der Waals surface area contributed by atoms with E-state index in [4.69, 9.17) is 68.9 Å². The van der Waals surface area contributed by atoms with Gasteiger partial charge in [0.15, 0.2) is 37.4 Å². The van der Waals surface area contributed by atoms with E-state index in [-0.39, 0.29) is 0 Å². The normalized spacial score (nSPS) is 44.3. The van der Waals surface area contributed by atoms with E-state index in [1.54, 1.807) is 0 Å². The summed E-state index contributed by atoms with van der Waals surface area (Å²) in [7, 11) is -21.4. The predicted octanol–water partition coefficient (Wildman–Crippen LogP) is -9.55. The van der Waals surface area contributed by atoms with Crippen molar-refractivity contribution in [3.05, 3.63) is 4.91 Å². The van der Waals surface area contributed by atoms with Gasteiger partial charge in [0, 0.05) is 5.92 Å². The van der Waals surface area contributed by atoms with E-state index in [0.29, 0.717) is 0 Å². The van der Waals surface area contributed by atoms with Gasteiger partial charge in [-0.25, -0.2) is 21.5 Å². The van der Waals surface area contributed by atoms with E-state index in [1.807, 2.05) is 0 Å². The minimum absolute atomic E-state index is 1.08. The molecule has 0 spiro atoms. The van der Waals surface area contributed by atoms with Gasteiger partial charge in [-0.05, 0) is 12.1 Å². The topological polar surface area (TPSA) is 604 Å². The Hall–Kier alpha value is -2.17. The molecule has 5 fully saturated rings. The maximum absolute atomic E-state index is 12.5. The summed E-state index contributed by atoms with van der Waals surface area (Å²) in [6.07, 6.45) is -44.3. The largest absolute Gasteiger partial charge is 0.479 e. The fourth-order valence-corrected chi connectivity index (χ4v) is 9.47. The summed E-state index contributed by atoms with van der Waals surface area (Å²) < 4.78 is 197. The van der Waals surface area contributed by atoms with E-state index in [1.165, 1.54) is 13.8 Å². The van der Waals surface area contributed by atoms with Gasteiger partial charge in [-0.2, -0.15) is 33.7 Å². The van der Waals surface area contributed by atoms with Crippen LogP contribution in [0.15, 0.2) is 5.18 Å². The average molecular weight is 1160 g/mol. The minimum atomic E-state index is -5.67. The molecule has 5 aliphatic rings. The van der Waals surface area contributed by atoms with Crippen LogP contribution in [-0.4, -0.2) is 261 Å². The number of carbonyl (C=O) groups is 1. The number of nitrogens with zero attached hydrogens (tertiary/aromatic N) is 1. The predicted molar refractivity (Wildman–Crippen MR) is 220 cm³/mol. The van der Waals surface area contributed by atoms with Gasteiger partial charge in [0.1, 0.15) is 73.2 Å². The first-order valence-corrected chi connectivity index (χ1v) is 26.3. The molecule has 0 aliphatic carbocycles. The first-order chi connectivity index (χ1) is 33.5. The Morgan fingerprint density at radius 2 is 0.973 bits per heavy atom. The molecule has 5 heterocycles. The lowest BCUT2D eigenvalue weighted by Gasteiger charge is -2.49. The molecule has 0 saturated carbocycles. The summed E-state index contributed by atoms with van der Waals surface area (Å²) in [6, 6.07) is -4.82. The molecule has 17 N–H and O–H groups in total. The van der Waals surface area contributed by atoms with E-state index >= 15 is 0 Å². The van der Waals surface area contributed by atoms with Gasteiger partial charge in [0.25, 0.3) is 0 Å². The van der Waals surface area contributed by atoms with Crippen LogP contribution in [0.3, 0.4) is 0 Å². The number of hydrogen-bond donors (Lipinski definition) is 14. The Bertz CT molecular complexity index is 2340. The van der Waals surface area contributed by atoms with Crippen molar-refractivity contribution in [3.8, 4) is 0 Å². The van der Waals surface area contributed by atoms with Crippen molar-refractivity contribution in [1.29, 1.82) is 0 Å². The van der Waals surface area contributed by atoms with Crippen LogP contribution in [0.2, 0.25) is 0 Å². The summed E-state index contributed by atoms with van der Waals surface area (Å²) in [5.41, 5.74) is 18.2. The second-order valence-corrected chi connectivity index (χ2v) is 21.1. The zero-order valence-corrected chi connectivity index (χ0v) is 40.4. The van der Waals surface area contributed by atoms with Crippen molar-refractivity contribution >= 4 is 47.6 Å². The molecule has 5 rings (SSSR count). The number of aliphatic hydroxyl groups is 6. The monoisotopic (exact) mass is 1150 g/mol. The van der Waals surface area contributed by atoms with E-state index in [9.17, 15) is 88.2 Å². The molecule has 426 valence electrons. The highest BCUT2D eigenvalue weighted by Gasteiger charge is 2.58. The third-order valence-corrected chi connectivity index (χ3v) is 13.6. The zero-order valence-electron chi connectivity index (χ0n) is 37.2. The Labute approximate surface area is 412 Å². The van der Waals surface area contributed by atoms with Gasteiger partial charge in [0.2, 0.25) is 6.23 Å². The number of nitrogens with two attached hydrogens (primary N) is 3. The van der Waals surface area contributed by atoms with Crippen molar-refractivity contribution in [2.24, 2.45) is 28.3 Å². The second-order valence-electron chi connectivity index (χ2n) is 16.8. The standard InChI is InChI=1S/C31H54N4O34S4/c1-6-11(32)28(66-23-19(41)24(69-73(54,55)56)31(68-26(23)35-44)64-21-10(5-59-72(51,52)53)60-7(2)12(33)16(21)38)62-9(4-58-71(48,49)50)20(6)63-30-18(40)17(39)22(25(67-30)27(42)43)65-29-13(34)15(37)14(36)8(61-29)3-57-70(45,46)47/h6-26,28-31,36-41H,3-5,32-34H2,1-2H3,(H,42,43)(H,45,46,47)(H,48,49,50)(H,51,52,53)(H,54,55,56)/t6-,7-,8?,9?,10?,11?,12?,13?,14-,15-,16-,17-,18?,19?,20+,21-,22+,23+,24?,25?,26-,28-,29-,30-,31-/m1/s1. The maximum Gasteiger partial charge on any atom is 0.397 e. The highest BCUT2D eigenvalue weighted by molar-refractivity contribution is 7.81. The number of hydrogen-bond acceptors (Lipinski definition) is 33. The molecule has 0 aromatic heterocycles. The highest BCUT2D eigenvalue weighted by Crippen LogP contribution is 2.38. The molecule has 73 heavy (non-hydrogen) atoms. The van der Waals surface area contributed by atoms with Crippen LogP contribution in [0.25, 0.3) is 0 Å². The molecule has 25 atom stereocenters. The van der Waals surface area contributed by atoms with Crippen LogP contribution in [0.4, 0.5) is 0 Å². The summed E-state index contributed by atoms with van der Waals surface area (Å²) in [6.45, 7) is -1.03. The van der Waals surface area contributed by atoms with Crippen LogP contribution in [0, 0.1) is 10.8 Å². The SMILES string of the molecule is C[C@@H]1C(N)[C@@H](O[C@H]2C(O)C(OS(=O)(=O)O)[C@H](O[C@@H]3C(COS(=O)(=O)O)O[C@H](C)C(N)[C@H]3O)O[C@H]2N=O)OC(COS(=O)(=O)O)[C@H]1O[C@@H]1OC(C(=O)O)[C@@H](O[C@H]2OC(COS(=O)(=O)O)[C@@H](O)[C@H](O)C2N)[C@H](O)C1O. The quantitative estimate of drug-likeness (QED) is 0.0375. The number of ether oxygens (including phenoxy) is 9. The third kappa shape index (κ3) is 15.7. The van der Waals surface area contributed by atoms with Crippen molar-refractivity contribution in [2.75, 3.05) is 19.8 Å². The van der Waals surface area contributed by atoms with Crippen molar-refractivity contribution < 1.29 is 152 Å². The zero-order chi connectivity index (χ0) is 55.0. The Morgan fingerprint density at radius 1 is 0.493 bits per heavy atom. The van der Waals surface area contributed by atoms with E-state index < -0.39 is 220 Å². The first-order valence-electron chi connectivity index (χ1n) is 20.8. The summed E-state index contributed by atoms with van der Waals surface area (Å²) in [4.78, 5) is 24.8. The molecular weight excluding hydrogens is 1100 g/mol. The number of rotatable bonds is 21. The van der Waals surface area contributed by atoms with Crippen LogP contribution in [0.5, 0.6) is 0 Å². The van der Waals surface area contributed by atoms with Gasteiger partial charge < -0.3 is 95.6 Å². The summed E-state index contributed by atoms with van der Waals surface area (Å²) >= 11 is 0. The van der Waals surface area contributed by atoms with Crippen LogP contribution in [0.1, 0.15) is 13.8 Å². The molecule has 38 nitrogen and oxygen atoms in total. The molecule has 42 heteroatoms. The molecule has 0 aromatic rings. The third-order valence-electron chi connectivity index (χ3n) is 11.8. The molecular formula is C31H54N4O34S4. The Morgan fingerprint density at radius 3 is 1.49 bits per heavy atom. The van der Waals surface area contributed by atoms with Crippen molar-refractivity contribution in [2.45, 2.75) is 161 Å². The Kier molecular flexibility index (Phi) is 20.5. The van der Waals surface area contributed by atoms with Crippen LogP contribution >= 0.6 is 0 Å². The van der Waals surface area contributed by atoms with E-state index in [0.717, 1.165) is 0 Å². The second kappa shape index (κ2) is 24.2. The molecule has 10 unspecified atom stereocenters. The lowest BCUT2D eigenvalue weighted by molar-refractivity contribution is -0.369. The van der Waals surface area contributed by atoms with E-state index in [2.05, 4.69) is 21.9 Å². The summed E-state index contributed by atoms with van der Waals surface area (Å²) in [5.74, 6) is -3.33. The number of carboxylic acids is 1. The molecule has 0 bridgehead atoms. The number of carboxylic acid groups (broad SMARTS) is 1. The number of nitroso groups, excluding NO2 is 1. The van der Waals surface area contributed by atoms with Gasteiger partial charge in [-0.3, -0.25) is 18.2 Å². The minimum Gasteiger partial charge on any atom is -0.479 e. The Balaban J connectivity index is 1.37. The fraction of sp³-hybridized carbons (Fsp3) is 0.968. The van der Waals surface area contributed by atoms with Gasteiger partial charge in [0.05, 0.1) is 50.2 Å². The smallest absolute Gasteiger partial charge is 0.397 e. The van der Waals surface area contributed by atoms with Crippen molar-refractivity contribution in [1.82, 2.24) is 0 Å². The maximum atomic E-state index is 12.5. The summed E-state index contributed by atoms with van der Waals surface area (Å²) in [5, 5.41) is 78.4.